The average Bonchev–Trinajstić information content (AvgIpc) is 2.48. The minimum atomic E-state index is -1.10. The van der Waals surface area contributed by atoms with E-state index in [0.29, 0.717) is 26.2 Å². The lowest BCUT2D eigenvalue weighted by molar-refractivity contribution is -0.141. The summed E-state index contributed by atoms with van der Waals surface area (Å²) in [5, 5.41) is 18.6. The molecular formula is C14H23N3O5. The largest absolute Gasteiger partial charge is 0.465 e. The molecular weight excluding hydrogens is 290 g/mol. The van der Waals surface area contributed by atoms with Gasteiger partial charge >= 0.3 is 6.09 Å². The smallest absolute Gasteiger partial charge is 0.408 e. The highest BCUT2D eigenvalue weighted by atomic mass is 16.4. The van der Waals surface area contributed by atoms with E-state index in [1.165, 1.54) is 0 Å². The minimum Gasteiger partial charge on any atom is -0.465 e. The zero-order valence-corrected chi connectivity index (χ0v) is 12.8. The van der Waals surface area contributed by atoms with Gasteiger partial charge in [0.25, 0.3) is 0 Å². The second kappa shape index (κ2) is 6.95. The molecule has 22 heavy (non-hydrogen) atoms. The van der Waals surface area contributed by atoms with E-state index in [2.05, 4.69) is 0 Å². The van der Waals surface area contributed by atoms with Gasteiger partial charge in [-0.15, -0.1) is 0 Å². The first kappa shape index (κ1) is 16.5. The van der Waals surface area contributed by atoms with Crippen LogP contribution in [0.4, 0.5) is 4.79 Å². The molecule has 2 atom stereocenters. The van der Waals surface area contributed by atoms with Gasteiger partial charge in [-0.3, -0.25) is 14.5 Å². The summed E-state index contributed by atoms with van der Waals surface area (Å²) in [4.78, 5) is 39.5. The summed E-state index contributed by atoms with van der Waals surface area (Å²) in [6, 6.07) is -0.710. The van der Waals surface area contributed by atoms with E-state index in [1.807, 2.05) is 0 Å². The first-order chi connectivity index (χ1) is 10.4. The third-order valence-electron chi connectivity index (χ3n) is 4.34. The van der Waals surface area contributed by atoms with Crippen LogP contribution in [-0.4, -0.2) is 87.7 Å². The van der Waals surface area contributed by atoms with Crippen LogP contribution in [0.15, 0.2) is 0 Å². The molecule has 2 saturated heterocycles. The number of aliphatic hydroxyl groups is 1. The SMILES string of the molecule is C[C@H]1C(=O)N(CCC(=O)N2CCCC(O)C2)CCN1C(=O)O. The fourth-order valence-corrected chi connectivity index (χ4v) is 2.98. The molecule has 2 N–H and O–H groups in total. The van der Waals surface area contributed by atoms with Crippen LogP contribution in [0.5, 0.6) is 0 Å². The van der Waals surface area contributed by atoms with E-state index < -0.39 is 18.2 Å². The van der Waals surface area contributed by atoms with Crippen LogP contribution in [0.1, 0.15) is 26.2 Å². The lowest BCUT2D eigenvalue weighted by Gasteiger charge is -2.38. The molecule has 0 aliphatic carbocycles. The minimum absolute atomic E-state index is 0.0696. The van der Waals surface area contributed by atoms with Crippen molar-refractivity contribution in [2.75, 3.05) is 32.7 Å². The van der Waals surface area contributed by atoms with Gasteiger partial charge in [0.05, 0.1) is 6.10 Å². The molecule has 8 heteroatoms. The van der Waals surface area contributed by atoms with E-state index in [0.717, 1.165) is 17.7 Å². The highest BCUT2D eigenvalue weighted by Gasteiger charge is 2.34. The molecule has 2 heterocycles. The summed E-state index contributed by atoms with van der Waals surface area (Å²) in [7, 11) is 0. The number of carboxylic acid groups (broad SMARTS) is 1. The Balaban J connectivity index is 1.83. The van der Waals surface area contributed by atoms with Crippen molar-refractivity contribution in [3.63, 3.8) is 0 Å². The molecule has 0 aromatic heterocycles. The van der Waals surface area contributed by atoms with Crippen molar-refractivity contribution in [3.05, 3.63) is 0 Å². The predicted octanol–water partition coefficient (Wildman–Crippen LogP) is -0.429. The van der Waals surface area contributed by atoms with Crippen LogP contribution in [-0.2, 0) is 9.59 Å². The van der Waals surface area contributed by atoms with Gasteiger partial charge in [0.15, 0.2) is 0 Å². The molecule has 0 aromatic carbocycles. The quantitative estimate of drug-likeness (QED) is 0.736. The van der Waals surface area contributed by atoms with Crippen molar-refractivity contribution in [1.82, 2.24) is 14.7 Å². The van der Waals surface area contributed by atoms with Gasteiger partial charge in [-0.1, -0.05) is 0 Å². The predicted molar refractivity (Wildman–Crippen MR) is 77.2 cm³/mol. The first-order valence-corrected chi connectivity index (χ1v) is 7.64. The van der Waals surface area contributed by atoms with Crippen molar-refractivity contribution in [1.29, 1.82) is 0 Å². The fraction of sp³-hybridized carbons (Fsp3) is 0.786. The summed E-state index contributed by atoms with van der Waals surface area (Å²) in [6.45, 7) is 3.43. The number of hydrogen-bond donors (Lipinski definition) is 2. The number of rotatable bonds is 3. The van der Waals surface area contributed by atoms with Gasteiger partial charge < -0.3 is 20.0 Å². The number of nitrogens with zero attached hydrogens (tertiary/aromatic N) is 3. The number of amides is 3. The number of aliphatic hydroxyl groups excluding tert-OH is 1. The van der Waals surface area contributed by atoms with Gasteiger partial charge in [-0.2, -0.15) is 0 Å². The molecule has 0 bridgehead atoms. The van der Waals surface area contributed by atoms with Crippen LogP contribution in [0.3, 0.4) is 0 Å². The molecule has 124 valence electrons. The van der Waals surface area contributed by atoms with Crippen LogP contribution >= 0.6 is 0 Å². The molecule has 2 aliphatic rings. The molecule has 0 saturated carbocycles. The molecule has 0 radical (unpaired) electrons. The molecule has 2 fully saturated rings. The van der Waals surface area contributed by atoms with Crippen molar-refractivity contribution in [3.8, 4) is 0 Å². The van der Waals surface area contributed by atoms with E-state index in [4.69, 9.17) is 5.11 Å². The first-order valence-electron chi connectivity index (χ1n) is 7.64. The summed E-state index contributed by atoms with van der Waals surface area (Å²) >= 11 is 0. The Hall–Kier alpha value is -1.83. The fourth-order valence-electron chi connectivity index (χ4n) is 2.98. The van der Waals surface area contributed by atoms with Crippen LogP contribution < -0.4 is 0 Å². The normalized spacial score (nSPS) is 26.3. The van der Waals surface area contributed by atoms with Gasteiger partial charge in [0, 0.05) is 39.1 Å². The maximum atomic E-state index is 12.1. The lowest BCUT2D eigenvalue weighted by atomic mass is 10.1. The Morgan fingerprint density at radius 2 is 2.00 bits per heavy atom. The second-order valence-electron chi connectivity index (χ2n) is 5.86. The van der Waals surface area contributed by atoms with Crippen molar-refractivity contribution in [2.45, 2.75) is 38.3 Å². The Kier molecular flexibility index (Phi) is 5.23. The molecule has 0 spiro atoms. The molecule has 2 aliphatic heterocycles. The standard InChI is InChI=1S/C14H23N3O5/c1-10-13(20)15(7-8-17(10)14(21)22)6-4-12(19)16-5-2-3-11(18)9-16/h10-11,18H,2-9H2,1H3,(H,21,22)/t10-,11?/m0/s1. The third-order valence-corrected chi connectivity index (χ3v) is 4.34. The maximum absolute atomic E-state index is 12.1. The van der Waals surface area contributed by atoms with Gasteiger partial charge in [-0.25, -0.2) is 4.79 Å². The van der Waals surface area contributed by atoms with Gasteiger partial charge in [-0.05, 0) is 19.8 Å². The Labute approximate surface area is 129 Å². The molecule has 3 amide bonds. The summed E-state index contributed by atoms with van der Waals surface area (Å²) in [5.74, 6) is -0.333. The topological polar surface area (TPSA) is 101 Å². The van der Waals surface area contributed by atoms with E-state index in [-0.39, 0.29) is 24.8 Å². The number of β-amino-alcohol motifs (C(OH)–C–C–N with tert-alkyl or cyclic N) is 1. The third kappa shape index (κ3) is 3.68. The zero-order valence-electron chi connectivity index (χ0n) is 12.8. The summed E-state index contributed by atoms with van der Waals surface area (Å²) in [5.41, 5.74) is 0. The van der Waals surface area contributed by atoms with Crippen LogP contribution in [0, 0.1) is 0 Å². The highest BCUT2D eigenvalue weighted by molar-refractivity contribution is 5.86. The second-order valence-corrected chi connectivity index (χ2v) is 5.86. The van der Waals surface area contributed by atoms with Crippen LogP contribution in [0.2, 0.25) is 0 Å². The van der Waals surface area contributed by atoms with Gasteiger partial charge in [0.1, 0.15) is 6.04 Å². The van der Waals surface area contributed by atoms with Gasteiger partial charge in [0.2, 0.25) is 11.8 Å². The Morgan fingerprint density at radius 3 is 2.64 bits per heavy atom. The van der Waals surface area contributed by atoms with Crippen molar-refractivity contribution in [2.24, 2.45) is 0 Å². The average molecular weight is 313 g/mol. The maximum Gasteiger partial charge on any atom is 0.408 e. The van der Waals surface area contributed by atoms with E-state index in [9.17, 15) is 19.5 Å². The van der Waals surface area contributed by atoms with Crippen molar-refractivity contribution >= 4 is 17.9 Å². The van der Waals surface area contributed by atoms with Crippen molar-refractivity contribution < 1.29 is 24.6 Å². The highest BCUT2D eigenvalue weighted by Crippen LogP contribution is 2.14. The summed E-state index contributed by atoms with van der Waals surface area (Å²) in [6.07, 6.45) is 0.160. The number of carbonyl (C=O) groups is 3. The molecule has 0 aromatic rings. The van der Waals surface area contributed by atoms with E-state index >= 15 is 0 Å². The number of piperazine rings is 1. The zero-order chi connectivity index (χ0) is 16.3. The molecule has 2 rings (SSSR count). The summed E-state index contributed by atoms with van der Waals surface area (Å²) < 4.78 is 0. The lowest BCUT2D eigenvalue weighted by Crippen LogP contribution is -2.57. The number of hydrogen-bond acceptors (Lipinski definition) is 4. The molecule has 1 unspecified atom stereocenters. The van der Waals surface area contributed by atoms with Crippen LogP contribution in [0.25, 0.3) is 0 Å². The van der Waals surface area contributed by atoms with E-state index in [1.54, 1.807) is 16.7 Å². The number of likely N-dealkylation sites (tertiary alicyclic amines) is 1. The Bertz CT molecular complexity index is 456. The number of piperidine rings is 1. The molecule has 8 nitrogen and oxygen atoms in total. The Morgan fingerprint density at radius 1 is 1.27 bits per heavy atom. The number of carbonyl (C=O) groups excluding carboxylic acids is 2. The monoisotopic (exact) mass is 313 g/mol.